The molecule has 0 radical (unpaired) electrons. The van der Waals surface area contributed by atoms with Gasteiger partial charge in [0, 0.05) is 12.2 Å². The Bertz CT molecular complexity index is 485. The number of rotatable bonds is 5. The molecule has 18 heavy (non-hydrogen) atoms. The van der Waals surface area contributed by atoms with Crippen molar-refractivity contribution in [2.45, 2.75) is 6.10 Å². The van der Waals surface area contributed by atoms with Crippen LogP contribution in [0.15, 0.2) is 54.6 Å². The smallest absolute Gasteiger partial charge is 0.119 e. The highest BCUT2D eigenvalue weighted by atomic mass is 16.5. The quantitative estimate of drug-likeness (QED) is 0.848. The second kappa shape index (κ2) is 6.07. The molecule has 3 nitrogen and oxygen atoms in total. The molecule has 0 bridgehead atoms. The van der Waals surface area contributed by atoms with Crippen LogP contribution in [0.3, 0.4) is 0 Å². The lowest BCUT2D eigenvalue weighted by atomic mass is 10.1. The van der Waals surface area contributed by atoms with Gasteiger partial charge in [-0.25, -0.2) is 0 Å². The van der Waals surface area contributed by atoms with Crippen molar-refractivity contribution in [2.75, 3.05) is 19.0 Å². The Hall–Kier alpha value is -2.00. The van der Waals surface area contributed by atoms with Gasteiger partial charge in [-0.1, -0.05) is 30.3 Å². The number of nitrogens with one attached hydrogen (secondary N) is 1. The molecule has 2 N–H and O–H groups in total. The lowest BCUT2D eigenvalue weighted by molar-refractivity contribution is 0.191. The van der Waals surface area contributed by atoms with Crippen LogP contribution in [0.25, 0.3) is 0 Å². The molecule has 0 heterocycles. The minimum Gasteiger partial charge on any atom is -0.497 e. The maximum atomic E-state index is 10.1. The topological polar surface area (TPSA) is 41.5 Å². The third-order valence-electron chi connectivity index (χ3n) is 2.75. The van der Waals surface area contributed by atoms with Crippen LogP contribution in [-0.4, -0.2) is 18.8 Å². The number of aliphatic hydroxyl groups is 1. The zero-order valence-electron chi connectivity index (χ0n) is 10.3. The molecular formula is C15H17NO2. The minimum atomic E-state index is -0.555. The zero-order chi connectivity index (χ0) is 12.8. The predicted molar refractivity (Wildman–Crippen MR) is 72.9 cm³/mol. The molecule has 3 heteroatoms. The Morgan fingerprint density at radius 2 is 1.89 bits per heavy atom. The first kappa shape index (κ1) is 12.5. The van der Waals surface area contributed by atoms with E-state index in [0.29, 0.717) is 6.54 Å². The number of ether oxygens (including phenoxy) is 1. The van der Waals surface area contributed by atoms with Gasteiger partial charge in [0.2, 0.25) is 0 Å². The van der Waals surface area contributed by atoms with E-state index < -0.39 is 6.10 Å². The first-order chi connectivity index (χ1) is 8.79. The first-order valence-electron chi connectivity index (χ1n) is 5.90. The highest BCUT2D eigenvalue weighted by Crippen LogP contribution is 2.19. The standard InChI is InChI=1S/C15H17NO2/c1-18-14-9-5-6-12(10-14)15(17)11-16-13-7-3-2-4-8-13/h2-10,15-17H,11H2,1H3. The first-order valence-corrected chi connectivity index (χ1v) is 5.90. The molecule has 0 aliphatic carbocycles. The van der Waals surface area contributed by atoms with E-state index in [2.05, 4.69) is 5.32 Å². The molecule has 0 aliphatic rings. The average Bonchev–Trinajstić information content (AvgIpc) is 2.46. The molecule has 0 aromatic heterocycles. The molecule has 94 valence electrons. The van der Waals surface area contributed by atoms with Crippen molar-refractivity contribution < 1.29 is 9.84 Å². The highest BCUT2D eigenvalue weighted by Gasteiger charge is 2.07. The van der Waals surface area contributed by atoms with Gasteiger partial charge in [0.15, 0.2) is 0 Å². The predicted octanol–water partition coefficient (Wildman–Crippen LogP) is 2.84. The summed E-state index contributed by atoms with van der Waals surface area (Å²) in [5, 5.41) is 13.3. The average molecular weight is 243 g/mol. The monoisotopic (exact) mass is 243 g/mol. The Kier molecular flexibility index (Phi) is 4.20. The number of para-hydroxylation sites is 1. The highest BCUT2D eigenvalue weighted by molar-refractivity contribution is 5.43. The van der Waals surface area contributed by atoms with Crippen molar-refractivity contribution in [1.29, 1.82) is 0 Å². The van der Waals surface area contributed by atoms with Crippen molar-refractivity contribution in [3.8, 4) is 5.75 Å². The van der Waals surface area contributed by atoms with Gasteiger partial charge in [-0.15, -0.1) is 0 Å². The maximum Gasteiger partial charge on any atom is 0.119 e. The van der Waals surface area contributed by atoms with E-state index in [1.807, 2.05) is 54.6 Å². The fraction of sp³-hybridized carbons (Fsp3) is 0.200. The number of aliphatic hydroxyl groups excluding tert-OH is 1. The van der Waals surface area contributed by atoms with Gasteiger partial charge < -0.3 is 15.2 Å². The molecule has 0 spiro atoms. The van der Waals surface area contributed by atoms with Gasteiger partial charge in [0.25, 0.3) is 0 Å². The van der Waals surface area contributed by atoms with Gasteiger partial charge in [-0.2, -0.15) is 0 Å². The summed E-state index contributed by atoms with van der Waals surface area (Å²) in [6.45, 7) is 0.469. The number of hydrogen-bond donors (Lipinski definition) is 2. The van der Waals surface area contributed by atoms with Crippen LogP contribution in [0.1, 0.15) is 11.7 Å². The van der Waals surface area contributed by atoms with Gasteiger partial charge in [0.05, 0.1) is 13.2 Å². The van der Waals surface area contributed by atoms with E-state index in [9.17, 15) is 5.11 Å². The van der Waals surface area contributed by atoms with Crippen molar-refractivity contribution in [1.82, 2.24) is 0 Å². The summed E-state index contributed by atoms with van der Waals surface area (Å²) in [5.74, 6) is 0.756. The van der Waals surface area contributed by atoms with Crippen molar-refractivity contribution in [3.05, 3.63) is 60.2 Å². The maximum absolute atomic E-state index is 10.1. The number of anilines is 1. The Morgan fingerprint density at radius 3 is 2.61 bits per heavy atom. The van der Waals surface area contributed by atoms with Gasteiger partial charge >= 0.3 is 0 Å². The summed E-state index contributed by atoms with van der Waals surface area (Å²) in [6.07, 6.45) is -0.555. The summed E-state index contributed by atoms with van der Waals surface area (Å²) in [4.78, 5) is 0. The van der Waals surface area contributed by atoms with Gasteiger partial charge in [-0.3, -0.25) is 0 Å². The van der Waals surface area contributed by atoms with Crippen molar-refractivity contribution in [3.63, 3.8) is 0 Å². The van der Waals surface area contributed by atoms with Crippen LogP contribution in [0.4, 0.5) is 5.69 Å². The lowest BCUT2D eigenvalue weighted by Crippen LogP contribution is -2.12. The summed E-state index contributed by atoms with van der Waals surface area (Å²) in [5.41, 5.74) is 1.84. The summed E-state index contributed by atoms with van der Waals surface area (Å²) in [7, 11) is 1.62. The number of benzene rings is 2. The van der Waals surface area contributed by atoms with Crippen LogP contribution in [-0.2, 0) is 0 Å². The fourth-order valence-electron chi connectivity index (χ4n) is 1.74. The van der Waals surface area contributed by atoms with Crippen LogP contribution in [0, 0.1) is 0 Å². The molecule has 2 aromatic rings. The normalized spacial score (nSPS) is 11.9. The summed E-state index contributed by atoms with van der Waals surface area (Å²) in [6, 6.07) is 17.3. The van der Waals surface area contributed by atoms with Gasteiger partial charge in [0.1, 0.15) is 5.75 Å². The van der Waals surface area contributed by atoms with Crippen LogP contribution in [0.5, 0.6) is 5.75 Å². The Morgan fingerprint density at radius 1 is 1.11 bits per heavy atom. The molecule has 2 aromatic carbocycles. The van der Waals surface area contributed by atoms with Gasteiger partial charge in [-0.05, 0) is 29.8 Å². The zero-order valence-corrected chi connectivity index (χ0v) is 10.3. The van der Waals surface area contributed by atoms with E-state index in [0.717, 1.165) is 17.0 Å². The Balaban J connectivity index is 1.97. The molecule has 0 aliphatic heterocycles. The van der Waals surface area contributed by atoms with E-state index in [1.54, 1.807) is 7.11 Å². The van der Waals surface area contributed by atoms with Crippen LogP contribution >= 0.6 is 0 Å². The largest absolute Gasteiger partial charge is 0.497 e. The van der Waals surface area contributed by atoms with Crippen molar-refractivity contribution >= 4 is 5.69 Å². The number of methoxy groups -OCH3 is 1. The molecule has 1 atom stereocenters. The third kappa shape index (κ3) is 3.25. The van der Waals surface area contributed by atoms with Crippen molar-refractivity contribution in [2.24, 2.45) is 0 Å². The van der Waals surface area contributed by atoms with E-state index in [4.69, 9.17) is 4.74 Å². The van der Waals surface area contributed by atoms with E-state index >= 15 is 0 Å². The lowest BCUT2D eigenvalue weighted by Gasteiger charge is -2.14. The molecule has 0 fully saturated rings. The third-order valence-corrected chi connectivity index (χ3v) is 2.75. The van der Waals surface area contributed by atoms with E-state index in [-0.39, 0.29) is 0 Å². The molecule has 0 saturated heterocycles. The molecule has 1 unspecified atom stereocenters. The molecular weight excluding hydrogens is 226 g/mol. The second-order valence-corrected chi connectivity index (χ2v) is 4.04. The molecule has 2 rings (SSSR count). The second-order valence-electron chi connectivity index (χ2n) is 4.04. The summed E-state index contributed by atoms with van der Waals surface area (Å²) < 4.78 is 5.14. The SMILES string of the molecule is COc1cccc(C(O)CNc2ccccc2)c1. The Labute approximate surface area is 107 Å². The molecule has 0 amide bonds. The minimum absolute atomic E-state index is 0.469. The number of hydrogen-bond acceptors (Lipinski definition) is 3. The summed E-state index contributed by atoms with van der Waals surface area (Å²) >= 11 is 0. The van der Waals surface area contributed by atoms with Crippen LogP contribution in [0.2, 0.25) is 0 Å². The molecule has 0 saturated carbocycles. The van der Waals surface area contributed by atoms with Crippen LogP contribution < -0.4 is 10.1 Å². The fourth-order valence-corrected chi connectivity index (χ4v) is 1.74. The van der Waals surface area contributed by atoms with E-state index in [1.165, 1.54) is 0 Å².